The summed E-state index contributed by atoms with van der Waals surface area (Å²) in [7, 11) is 0. The molecule has 0 saturated carbocycles. The third kappa shape index (κ3) is 3.67. The fraction of sp³-hybridized carbons (Fsp3) is 0.571. The topological polar surface area (TPSA) is 65.2 Å². The van der Waals surface area contributed by atoms with E-state index >= 15 is 0 Å². The lowest BCUT2D eigenvalue weighted by Crippen LogP contribution is -2.45. The van der Waals surface area contributed by atoms with Crippen molar-refractivity contribution in [1.29, 1.82) is 0 Å². The van der Waals surface area contributed by atoms with E-state index in [0.717, 1.165) is 38.9 Å². The lowest BCUT2D eigenvalue weighted by Gasteiger charge is -2.32. The van der Waals surface area contributed by atoms with Crippen LogP contribution in [-0.4, -0.2) is 41.5 Å². The number of rotatable bonds is 4. The Morgan fingerprint density at radius 3 is 2.84 bits per heavy atom. The van der Waals surface area contributed by atoms with Crippen LogP contribution < -0.4 is 10.7 Å². The molecule has 104 valence electrons. The Morgan fingerprint density at radius 1 is 1.47 bits per heavy atom. The van der Waals surface area contributed by atoms with Crippen LogP contribution in [0, 0.1) is 0 Å². The van der Waals surface area contributed by atoms with E-state index in [0.29, 0.717) is 0 Å². The van der Waals surface area contributed by atoms with Crippen molar-refractivity contribution in [2.75, 3.05) is 19.6 Å². The maximum absolute atomic E-state index is 12.0. The Balaban J connectivity index is 1.88. The highest BCUT2D eigenvalue weighted by atomic mass is 16.2. The van der Waals surface area contributed by atoms with Crippen molar-refractivity contribution in [3.05, 3.63) is 34.2 Å². The van der Waals surface area contributed by atoms with Gasteiger partial charge in [0.25, 0.3) is 5.91 Å². The molecule has 2 heterocycles. The molecule has 5 heteroatoms. The summed E-state index contributed by atoms with van der Waals surface area (Å²) in [6.45, 7) is 5.34. The number of hydrogen-bond acceptors (Lipinski definition) is 3. The van der Waals surface area contributed by atoms with Gasteiger partial charge >= 0.3 is 0 Å². The van der Waals surface area contributed by atoms with Crippen molar-refractivity contribution in [2.24, 2.45) is 0 Å². The highest BCUT2D eigenvalue weighted by Gasteiger charge is 2.21. The van der Waals surface area contributed by atoms with Crippen molar-refractivity contribution in [1.82, 2.24) is 15.2 Å². The molecule has 1 aliphatic heterocycles. The summed E-state index contributed by atoms with van der Waals surface area (Å²) in [4.78, 5) is 28.7. The molecular weight excluding hydrogens is 242 g/mol. The molecule has 19 heavy (non-hydrogen) atoms. The summed E-state index contributed by atoms with van der Waals surface area (Å²) in [5.41, 5.74) is -0.0434. The number of likely N-dealkylation sites (tertiary alicyclic amines) is 1. The first-order valence-electron chi connectivity index (χ1n) is 6.91. The summed E-state index contributed by atoms with van der Waals surface area (Å²) < 4.78 is 0. The highest BCUT2D eigenvalue weighted by molar-refractivity contribution is 5.93. The molecule has 2 N–H and O–H groups in total. The molecule has 0 atom stereocenters. The zero-order chi connectivity index (χ0) is 13.7. The van der Waals surface area contributed by atoms with Gasteiger partial charge in [-0.2, -0.15) is 0 Å². The number of hydrogen-bond donors (Lipinski definition) is 2. The molecule has 1 fully saturated rings. The SMILES string of the molecule is CCCN1CCC(NC(=O)c2c[nH]ccc2=O)CC1. The minimum absolute atomic E-state index is 0.181. The van der Waals surface area contributed by atoms with E-state index < -0.39 is 0 Å². The van der Waals surface area contributed by atoms with Crippen molar-refractivity contribution in [3.63, 3.8) is 0 Å². The van der Waals surface area contributed by atoms with Crippen LogP contribution in [0.1, 0.15) is 36.5 Å². The van der Waals surface area contributed by atoms with Crippen LogP contribution in [0.2, 0.25) is 0 Å². The predicted molar refractivity (Wildman–Crippen MR) is 74.3 cm³/mol. The maximum Gasteiger partial charge on any atom is 0.256 e. The number of carbonyl (C=O) groups excluding carboxylic acids is 1. The highest BCUT2D eigenvalue weighted by Crippen LogP contribution is 2.10. The summed E-state index contributed by atoms with van der Waals surface area (Å²) in [5, 5.41) is 2.95. The summed E-state index contributed by atoms with van der Waals surface area (Å²) in [5.74, 6) is -0.268. The minimum atomic E-state index is -0.268. The van der Waals surface area contributed by atoms with E-state index in [4.69, 9.17) is 0 Å². The number of nitrogens with one attached hydrogen (secondary N) is 2. The van der Waals surface area contributed by atoms with Crippen molar-refractivity contribution >= 4 is 5.91 Å². The van der Waals surface area contributed by atoms with E-state index in [-0.39, 0.29) is 22.9 Å². The molecule has 0 radical (unpaired) electrons. The molecule has 1 amide bonds. The van der Waals surface area contributed by atoms with E-state index in [1.807, 2.05) is 0 Å². The molecule has 5 nitrogen and oxygen atoms in total. The van der Waals surface area contributed by atoms with E-state index in [1.54, 1.807) is 0 Å². The van der Waals surface area contributed by atoms with Crippen LogP contribution in [-0.2, 0) is 0 Å². The smallest absolute Gasteiger partial charge is 0.256 e. The van der Waals surface area contributed by atoms with Crippen molar-refractivity contribution in [2.45, 2.75) is 32.2 Å². The third-order valence-corrected chi connectivity index (χ3v) is 3.53. The molecule has 0 bridgehead atoms. The molecule has 1 aliphatic rings. The van der Waals surface area contributed by atoms with Gasteiger partial charge < -0.3 is 15.2 Å². The first-order valence-corrected chi connectivity index (χ1v) is 6.91. The number of nitrogens with zero attached hydrogens (tertiary/aromatic N) is 1. The first kappa shape index (κ1) is 13.8. The average Bonchev–Trinajstić information content (AvgIpc) is 2.42. The van der Waals surface area contributed by atoms with Gasteiger partial charge in [-0.1, -0.05) is 6.92 Å². The van der Waals surface area contributed by atoms with Gasteiger partial charge in [-0.05, 0) is 25.8 Å². The van der Waals surface area contributed by atoms with Crippen LogP contribution in [0.3, 0.4) is 0 Å². The fourth-order valence-electron chi connectivity index (χ4n) is 2.47. The largest absolute Gasteiger partial charge is 0.367 e. The van der Waals surface area contributed by atoms with E-state index in [2.05, 4.69) is 22.1 Å². The molecule has 2 rings (SSSR count). The lowest BCUT2D eigenvalue weighted by molar-refractivity contribution is 0.0909. The lowest BCUT2D eigenvalue weighted by atomic mass is 10.0. The van der Waals surface area contributed by atoms with Crippen molar-refractivity contribution in [3.8, 4) is 0 Å². The van der Waals surface area contributed by atoms with Gasteiger partial charge in [-0.25, -0.2) is 0 Å². The van der Waals surface area contributed by atoms with E-state index in [1.165, 1.54) is 18.5 Å². The zero-order valence-electron chi connectivity index (χ0n) is 11.3. The second-order valence-corrected chi connectivity index (χ2v) is 5.01. The van der Waals surface area contributed by atoms with Crippen LogP contribution in [0.5, 0.6) is 0 Å². The van der Waals surface area contributed by atoms with Crippen LogP contribution in [0.4, 0.5) is 0 Å². The second-order valence-electron chi connectivity index (χ2n) is 5.01. The number of aromatic nitrogens is 1. The van der Waals surface area contributed by atoms with Gasteiger partial charge in [0, 0.05) is 37.6 Å². The van der Waals surface area contributed by atoms with Gasteiger partial charge in [0.1, 0.15) is 5.56 Å². The Morgan fingerprint density at radius 2 is 2.21 bits per heavy atom. The van der Waals surface area contributed by atoms with Crippen LogP contribution >= 0.6 is 0 Å². The number of amides is 1. The molecule has 0 spiro atoms. The molecule has 0 aliphatic carbocycles. The summed E-state index contributed by atoms with van der Waals surface area (Å²) >= 11 is 0. The van der Waals surface area contributed by atoms with Gasteiger partial charge in [0.05, 0.1) is 0 Å². The zero-order valence-corrected chi connectivity index (χ0v) is 11.3. The third-order valence-electron chi connectivity index (χ3n) is 3.53. The number of piperidine rings is 1. The molecule has 1 aromatic rings. The monoisotopic (exact) mass is 263 g/mol. The number of aromatic amines is 1. The predicted octanol–water partition coefficient (Wildman–Crippen LogP) is 0.979. The minimum Gasteiger partial charge on any atom is -0.367 e. The Kier molecular flexibility index (Phi) is 4.74. The van der Waals surface area contributed by atoms with Gasteiger partial charge in [-0.3, -0.25) is 9.59 Å². The Hall–Kier alpha value is -1.62. The number of H-pyrrole nitrogens is 1. The first-order chi connectivity index (χ1) is 9.20. The van der Waals surface area contributed by atoms with Crippen LogP contribution in [0.25, 0.3) is 0 Å². The number of pyridine rings is 1. The Labute approximate surface area is 113 Å². The average molecular weight is 263 g/mol. The summed E-state index contributed by atoms with van der Waals surface area (Å²) in [6, 6.07) is 1.55. The second kappa shape index (κ2) is 6.52. The Bertz CT molecular complexity index is 476. The van der Waals surface area contributed by atoms with Gasteiger partial charge in [-0.15, -0.1) is 0 Å². The fourth-order valence-corrected chi connectivity index (χ4v) is 2.47. The summed E-state index contributed by atoms with van der Waals surface area (Å²) in [6.07, 6.45) is 6.07. The molecule has 1 aromatic heterocycles. The molecule has 0 aromatic carbocycles. The number of carbonyl (C=O) groups is 1. The normalized spacial score (nSPS) is 17.3. The standard InChI is InChI=1S/C14H21N3O2/c1-2-7-17-8-4-11(5-9-17)16-14(19)12-10-15-6-3-13(12)18/h3,6,10-11H,2,4-5,7-9H2,1H3,(H,15,18)(H,16,19). The quantitative estimate of drug-likeness (QED) is 0.851. The molecular formula is C14H21N3O2. The van der Waals surface area contributed by atoms with Crippen LogP contribution in [0.15, 0.2) is 23.3 Å². The van der Waals surface area contributed by atoms with Gasteiger partial charge in [0.15, 0.2) is 5.43 Å². The maximum atomic E-state index is 12.0. The van der Waals surface area contributed by atoms with Crippen molar-refractivity contribution < 1.29 is 4.79 Å². The molecule has 0 unspecified atom stereocenters. The van der Waals surface area contributed by atoms with E-state index in [9.17, 15) is 9.59 Å². The molecule has 1 saturated heterocycles. The van der Waals surface area contributed by atoms with Gasteiger partial charge in [0.2, 0.25) is 0 Å².